The lowest BCUT2D eigenvalue weighted by Crippen LogP contribution is -1.84. The van der Waals surface area contributed by atoms with E-state index < -0.39 is 0 Å². The monoisotopic (exact) mass is 311 g/mol. The molecule has 1 aromatic carbocycles. The molecule has 0 atom stereocenters. The van der Waals surface area contributed by atoms with Gasteiger partial charge in [-0.1, -0.05) is 12.1 Å². The van der Waals surface area contributed by atoms with Gasteiger partial charge in [0.1, 0.15) is 5.69 Å². The van der Waals surface area contributed by atoms with Crippen LogP contribution in [0.1, 0.15) is 18.4 Å². The van der Waals surface area contributed by atoms with Crippen molar-refractivity contribution < 1.29 is 4.52 Å². The minimum Gasteiger partial charge on any atom is -0.345 e. The van der Waals surface area contributed by atoms with Crippen molar-refractivity contribution in [3.63, 3.8) is 0 Å². The lowest BCUT2D eigenvalue weighted by atomic mass is 10.2. The van der Waals surface area contributed by atoms with Gasteiger partial charge in [-0.15, -0.1) is 11.3 Å². The number of thiazole rings is 1. The quantitative estimate of drug-likeness (QED) is 0.621. The Morgan fingerprint density at radius 3 is 3.14 bits per heavy atom. The molecule has 0 bridgehead atoms. The highest BCUT2D eigenvalue weighted by atomic mass is 32.1. The minimum absolute atomic E-state index is 0.457. The summed E-state index contributed by atoms with van der Waals surface area (Å²) in [5, 5.41) is 7.11. The maximum atomic E-state index is 5.35. The third kappa shape index (κ3) is 2.29. The zero-order valence-electron chi connectivity index (χ0n) is 11.9. The molecule has 0 aliphatic rings. The molecule has 7 heteroatoms. The van der Waals surface area contributed by atoms with Crippen LogP contribution in [-0.4, -0.2) is 25.1 Å². The predicted molar refractivity (Wildman–Crippen MR) is 84.5 cm³/mol. The van der Waals surface area contributed by atoms with E-state index in [0.29, 0.717) is 11.7 Å². The Bertz CT molecular complexity index is 923. The van der Waals surface area contributed by atoms with Crippen LogP contribution < -0.4 is 0 Å². The van der Waals surface area contributed by atoms with Crippen LogP contribution in [0.15, 0.2) is 34.4 Å². The van der Waals surface area contributed by atoms with E-state index in [9.17, 15) is 0 Å². The highest BCUT2D eigenvalue weighted by Crippen LogP contribution is 2.25. The molecule has 3 heterocycles. The zero-order valence-corrected chi connectivity index (χ0v) is 12.7. The number of nitrogens with zero attached hydrogens (tertiary/aromatic N) is 4. The summed E-state index contributed by atoms with van der Waals surface area (Å²) in [7, 11) is 0. The summed E-state index contributed by atoms with van der Waals surface area (Å²) in [5.41, 5.74) is 3.49. The first kappa shape index (κ1) is 13.1. The number of benzene rings is 1. The van der Waals surface area contributed by atoms with Gasteiger partial charge in [-0.05, 0) is 31.0 Å². The van der Waals surface area contributed by atoms with Gasteiger partial charge >= 0.3 is 0 Å². The number of nitrogens with one attached hydrogen (secondary N) is 1. The number of imidazole rings is 1. The molecule has 4 rings (SSSR count). The van der Waals surface area contributed by atoms with E-state index in [0.717, 1.165) is 40.1 Å². The smallest absolute Gasteiger partial charge is 0.277 e. The number of hydrogen-bond acceptors (Lipinski definition) is 6. The molecule has 1 N–H and O–H groups in total. The standard InChI is InChI=1S/C15H13N5OS/c1-2-3-13-18-12(7-22-13)15-19-14(20-21-15)9-4-5-10-11(6-9)17-8-16-10/h4-8H,2-3H2,1H3,(H,16,17). The van der Waals surface area contributed by atoms with Crippen molar-refractivity contribution in [2.24, 2.45) is 0 Å². The Morgan fingerprint density at radius 2 is 2.23 bits per heavy atom. The topological polar surface area (TPSA) is 80.5 Å². The number of H-pyrrole nitrogens is 1. The van der Waals surface area contributed by atoms with Gasteiger partial charge in [-0.3, -0.25) is 0 Å². The summed E-state index contributed by atoms with van der Waals surface area (Å²) in [6.45, 7) is 2.14. The van der Waals surface area contributed by atoms with E-state index in [-0.39, 0.29) is 0 Å². The van der Waals surface area contributed by atoms with Crippen molar-refractivity contribution in [1.82, 2.24) is 25.1 Å². The number of aromatic nitrogens is 5. The maximum absolute atomic E-state index is 5.35. The summed E-state index contributed by atoms with van der Waals surface area (Å²) in [5.74, 6) is 1.01. The fourth-order valence-corrected chi connectivity index (χ4v) is 3.13. The van der Waals surface area contributed by atoms with Crippen LogP contribution in [0, 0.1) is 0 Å². The molecule has 0 aliphatic heterocycles. The van der Waals surface area contributed by atoms with Gasteiger partial charge in [0.05, 0.1) is 22.4 Å². The first-order chi connectivity index (χ1) is 10.8. The van der Waals surface area contributed by atoms with E-state index in [4.69, 9.17) is 4.52 Å². The number of rotatable bonds is 4. The highest BCUT2D eigenvalue weighted by Gasteiger charge is 2.14. The summed E-state index contributed by atoms with van der Waals surface area (Å²) < 4.78 is 5.35. The molecule has 110 valence electrons. The molecular formula is C15H13N5OS. The maximum Gasteiger partial charge on any atom is 0.277 e. The van der Waals surface area contributed by atoms with Crippen LogP contribution in [0.2, 0.25) is 0 Å². The second kappa shape index (κ2) is 5.34. The summed E-state index contributed by atoms with van der Waals surface area (Å²) >= 11 is 1.62. The lowest BCUT2D eigenvalue weighted by Gasteiger charge is -1.93. The first-order valence-electron chi connectivity index (χ1n) is 7.05. The average molecular weight is 311 g/mol. The Balaban J connectivity index is 1.67. The minimum atomic E-state index is 0.457. The van der Waals surface area contributed by atoms with Gasteiger partial charge < -0.3 is 9.51 Å². The second-order valence-electron chi connectivity index (χ2n) is 4.93. The Kier molecular flexibility index (Phi) is 3.19. The number of aryl methyl sites for hydroxylation is 1. The predicted octanol–water partition coefficient (Wildman–Crippen LogP) is 3.69. The third-order valence-electron chi connectivity index (χ3n) is 3.34. The molecule has 4 aromatic rings. The Labute approximate surface area is 130 Å². The SMILES string of the molecule is CCCc1nc(-c2nc(-c3ccc4nc[nH]c4c3)no2)cs1. The highest BCUT2D eigenvalue weighted by molar-refractivity contribution is 7.09. The number of fused-ring (bicyclic) bond motifs is 1. The molecule has 0 spiro atoms. The lowest BCUT2D eigenvalue weighted by molar-refractivity contribution is 0.431. The molecule has 0 unspecified atom stereocenters. The van der Waals surface area contributed by atoms with Gasteiger partial charge in [-0.2, -0.15) is 4.98 Å². The normalized spacial score (nSPS) is 11.3. The van der Waals surface area contributed by atoms with E-state index >= 15 is 0 Å². The van der Waals surface area contributed by atoms with Crippen molar-refractivity contribution in [1.29, 1.82) is 0 Å². The molecule has 3 aromatic heterocycles. The molecule has 22 heavy (non-hydrogen) atoms. The zero-order chi connectivity index (χ0) is 14.9. The molecule has 0 saturated heterocycles. The van der Waals surface area contributed by atoms with Crippen molar-refractivity contribution in [2.75, 3.05) is 0 Å². The molecule has 0 fully saturated rings. The Morgan fingerprint density at radius 1 is 1.27 bits per heavy atom. The van der Waals surface area contributed by atoms with E-state index in [1.807, 2.05) is 23.6 Å². The second-order valence-corrected chi connectivity index (χ2v) is 5.88. The van der Waals surface area contributed by atoms with E-state index in [2.05, 4.69) is 32.0 Å². The fraction of sp³-hybridized carbons (Fsp3) is 0.200. The molecular weight excluding hydrogens is 298 g/mol. The first-order valence-corrected chi connectivity index (χ1v) is 7.93. The van der Waals surface area contributed by atoms with Crippen molar-refractivity contribution >= 4 is 22.4 Å². The van der Waals surface area contributed by atoms with Crippen LogP contribution in [-0.2, 0) is 6.42 Å². The summed E-state index contributed by atoms with van der Waals surface area (Å²) in [6, 6.07) is 5.82. The van der Waals surface area contributed by atoms with Crippen LogP contribution >= 0.6 is 11.3 Å². The average Bonchev–Trinajstić information content (AvgIpc) is 3.26. The number of aromatic amines is 1. The molecule has 0 aliphatic carbocycles. The van der Waals surface area contributed by atoms with E-state index in [1.54, 1.807) is 17.7 Å². The van der Waals surface area contributed by atoms with Gasteiger partial charge in [0.15, 0.2) is 0 Å². The van der Waals surface area contributed by atoms with Crippen molar-refractivity contribution in [3.05, 3.63) is 34.9 Å². The van der Waals surface area contributed by atoms with Crippen LogP contribution in [0.4, 0.5) is 0 Å². The van der Waals surface area contributed by atoms with Crippen LogP contribution in [0.25, 0.3) is 34.0 Å². The molecule has 0 amide bonds. The van der Waals surface area contributed by atoms with Crippen LogP contribution in [0.3, 0.4) is 0 Å². The van der Waals surface area contributed by atoms with E-state index in [1.165, 1.54) is 0 Å². The summed E-state index contributed by atoms with van der Waals surface area (Å²) in [4.78, 5) is 16.2. The van der Waals surface area contributed by atoms with Gasteiger partial charge in [-0.25, -0.2) is 9.97 Å². The third-order valence-corrected chi connectivity index (χ3v) is 4.25. The van der Waals surface area contributed by atoms with Crippen molar-refractivity contribution in [2.45, 2.75) is 19.8 Å². The molecule has 0 radical (unpaired) electrons. The largest absolute Gasteiger partial charge is 0.345 e. The van der Waals surface area contributed by atoms with Gasteiger partial charge in [0.25, 0.3) is 5.89 Å². The summed E-state index contributed by atoms with van der Waals surface area (Å²) in [6.07, 6.45) is 3.72. The molecule has 0 saturated carbocycles. The van der Waals surface area contributed by atoms with Gasteiger partial charge in [0.2, 0.25) is 5.82 Å². The van der Waals surface area contributed by atoms with Gasteiger partial charge in [0, 0.05) is 10.9 Å². The van der Waals surface area contributed by atoms with Crippen molar-refractivity contribution in [3.8, 4) is 23.0 Å². The van der Waals surface area contributed by atoms with Crippen LogP contribution in [0.5, 0.6) is 0 Å². The number of hydrogen-bond donors (Lipinski definition) is 1. The molecule has 6 nitrogen and oxygen atoms in total. The fourth-order valence-electron chi connectivity index (χ4n) is 2.26. The Hall–Kier alpha value is -2.54.